The number of methoxy groups -OCH3 is 1. The third-order valence-electron chi connectivity index (χ3n) is 3.68. The van der Waals surface area contributed by atoms with E-state index < -0.39 is 0 Å². The summed E-state index contributed by atoms with van der Waals surface area (Å²) in [5, 5.41) is 6.16. The number of amides is 1. The van der Waals surface area contributed by atoms with Crippen LogP contribution in [0, 0.1) is 11.8 Å². The lowest BCUT2D eigenvalue weighted by molar-refractivity contribution is -0.121. The topological polar surface area (TPSA) is 50.4 Å². The normalized spacial score (nSPS) is 25.7. The molecule has 4 heteroatoms. The zero-order valence-corrected chi connectivity index (χ0v) is 12.0. The Morgan fingerprint density at radius 1 is 1.33 bits per heavy atom. The molecule has 1 aliphatic carbocycles. The summed E-state index contributed by atoms with van der Waals surface area (Å²) in [6, 6.07) is 0.0832. The van der Waals surface area contributed by atoms with Gasteiger partial charge in [0.05, 0.1) is 13.2 Å². The summed E-state index contributed by atoms with van der Waals surface area (Å²) >= 11 is 0. The van der Waals surface area contributed by atoms with Crippen molar-refractivity contribution >= 4 is 5.91 Å². The fourth-order valence-electron chi connectivity index (χ4n) is 2.54. The first kappa shape index (κ1) is 15.4. The summed E-state index contributed by atoms with van der Waals surface area (Å²) in [5.74, 6) is 1.70. The summed E-state index contributed by atoms with van der Waals surface area (Å²) in [6.45, 7) is 6.23. The molecule has 1 rings (SSSR count). The Morgan fingerprint density at radius 3 is 2.61 bits per heavy atom. The van der Waals surface area contributed by atoms with Gasteiger partial charge >= 0.3 is 0 Å². The molecule has 106 valence electrons. The van der Waals surface area contributed by atoms with E-state index in [1.165, 1.54) is 25.7 Å². The molecule has 0 aromatic carbocycles. The molecule has 4 nitrogen and oxygen atoms in total. The summed E-state index contributed by atoms with van der Waals surface area (Å²) in [6.07, 6.45) is 5.28. The second-order valence-corrected chi connectivity index (χ2v) is 5.68. The lowest BCUT2D eigenvalue weighted by Gasteiger charge is -2.26. The van der Waals surface area contributed by atoms with Crippen molar-refractivity contribution in [3.8, 4) is 0 Å². The van der Waals surface area contributed by atoms with E-state index in [9.17, 15) is 4.79 Å². The van der Waals surface area contributed by atoms with Crippen LogP contribution >= 0.6 is 0 Å². The van der Waals surface area contributed by atoms with E-state index in [2.05, 4.69) is 17.6 Å². The van der Waals surface area contributed by atoms with Gasteiger partial charge in [-0.1, -0.05) is 19.8 Å². The highest BCUT2D eigenvalue weighted by atomic mass is 16.5. The molecule has 0 spiro atoms. The zero-order chi connectivity index (χ0) is 13.4. The van der Waals surface area contributed by atoms with E-state index in [4.69, 9.17) is 4.74 Å². The van der Waals surface area contributed by atoms with Crippen LogP contribution in [0.5, 0.6) is 0 Å². The van der Waals surface area contributed by atoms with Crippen LogP contribution in [0.1, 0.15) is 39.5 Å². The van der Waals surface area contributed by atoms with Gasteiger partial charge in [-0.25, -0.2) is 0 Å². The third kappa shape index (κ3) is 6.36. The standard InChI is InChI=1S/C14H28N2O2/c1-11-4-6-13(7-5-11)8-15-9-14(17)16-12(2)10-18-3/h11-13,15H,4-10H2,1-3H3,(H,16,17). The Labute approximate surface area is 111 Å². The molecule has 0 aromatic heterocycles. The average molecular weight is 256 g/mol. The Kier molecular flexibility index (Phi) is 7.28. The van der Waals surface area contributed by atoms with Gasteiger partial charge in [-0.15, -0.1) is 0 Å². The molecule has 0 heterocycles. The fraction of sp³-hybridized carbons (Fsp3) is 0.929. The molecule has 2 N–H and O–H groups in total. The van der Waals surface area contributed by atoms with Gasteiger partial charge in [0, 0.05) is 13.2 Å². The van der Waals surface area contributed by atoms with Crippen molar-refractivity contribution in [1.82, 2.24) is 10.6 Å². The van der Waals surface area contributed by atoms with E-state index >= 15 is 0 Å². The molecule has 0 radical (unpaired) electrons. The van der Waals surface area contributed by atoms with Crippen molar-refractivity contribution in [3.05, 3.63) is 0 Å². The van der Waals surface area contributed by atoms with Crippen LogP contribution in [0.4, 0.5) is 0 Å². The maximum absolute atomic E-state index is 11.6. The highest BCUT2D eigenvalue weighted by molar-refractivity contribution is 5.78. The number of rotatable bonds is 7. The van der Waals surface area contributed by atoms with Crippen LogP contribution in [0.2, 0.25) is 0 Å². The van der Waals surface area contributed by atoms with Gasteiger partial charge < -0.3 is 15.4 Å². The highest BCUT2D eigenvalue weighted by Crippen LogP contribution is 2.27. The van der Waals surface area contributed by atoms with Gasteiger partial charge in [0.1, 0.15) is 0 Å². The van der Waals surface area contributed by atoms with Crippen molar-refractivity contribution in [3.63, 3.8) is 0 Å². The summed E-state index contributed by atoms with van der Waals surface area (Å²) in [7, 11) is 1.64. The zero-order valence-electron chi connectivity index (χ0n) is 12.0. The lowest BCUT2D eigenvalue weighted by Crippen LogP contribution is -2.42. The largest absolute Gasteiger partial charge is 0.383 e. The van der Waals surface area contributed by atoms with Crippen LogP contribution in [-0.2, 0) is 9.53 Å². The highest BCUT2D eigenvalue weighted by Gasteiger charge is 2.18. The number of hydrogen-bond acceptors (Lipinski definition) is 3. The minimum Gasteiger partial charge on any atom is -0.383 e. The first-order valence-corrected chi connectivity index (χ1v) is 7.10. The number of nitrogens with one attached hydrogen (secondary N) is 2. The molecule has 1 fully saturated rings. The van der Waals surface area contributed by atoms with Gasteiger partial charge in [0.2, 0.25) is 5.91 Å². The second-order valence-electron chi connectivity index (χ2n) is 5.68. The minimum absolute atomic E-state index is 0.0590. The van der Waals surface area contributed by atoms with Gasteiger partial charge in [-0.2, -0.15) is 0 Å². The molecule has 1 unspecified atom stereocenters. The summed E-state index contributed by atoms with van der Waals surface area (Å²) in [5.41, 5.74) is 0. The number of carbonyl (C=O) groups excluding carboxylic acids is 1. The molecule has 1 aliphatic rings. The monoisotopic (exact) mass is 256 g/mol. The quantitative estimate of drug-likeness (QED) is 0.726. The third-order valence-corrected chi connectivity index (χ3v) is 3.68. The van der Waals surface area contributed by atoms with Gasteiger partial charge in [-0.3, -0.25) is 4.79 Å². The summed E-state index contributed by atoms with van der Waals surface area (Å²) in [4.78, 5) is 11.6. The van der Waals surface area contributed by atoms with E-state index in [1.54, 1.807) is 7.11 Å². The molecular weight excluding hydrogens is 228 g/mol. The number of ether oxygens (including phenoxy) is 1. The molecule has 1 atom stereocenters. The van der Waals surface area contributed by atoms with E-state index in [0.717, 1.165) is 18.4 Å². The van der Waals surface area contributed by atoms with Gasteiger partial charge in [0.15, 0.2) is 0 Å². The van der Waals surface area contributed by atoms with Crippen LogP contribution in [0.15, 0.2) is 0 Å². The van der Waals surface area contributed by atoms with Crippen molar-refractivity contribution in [2.24, 2.45) is 11.8 Å². The molecule has 18 heavy (non-hydrogen) atoms. The van der Waals surface area contributed by atoms with E-state index in [-0.39, 0.29) is 11.9 Å². The molecule has 0 aromatic rings. The lowest BCUT2D eigenvalue weighted by atomic mass is 9.83. The van der Waals surface area contributed by atoms with Crippen LogP contribution < -0.4 is 10.6 Å². The first-order chi connectivity index (χ1) is 8.61. The Balaban J connectivity index is 2.04. The Bertz CT molecular complexity index is 238. The second kappa shape index (κ2) is 8.48. The predicted octanol–water partition coefficient (Wildman–Crippen LogP) is 1.55. The minimum atomic E-state index is 0.0590. The van der Waals surface area contributed by atoms with Gasteiger partial charge in [-0.05, 0) is 38.1 Å². The average Bonchev–Trinajstić information content (AvgIpc) is 2.32. The fourth-order valence-corrected chi connectivity index (χ4v) is 2.54. The predicted molar refractivity (Wildman–Crippen MR) is 73.5 cm³/mol. The van der Waals surface area contributed by atoms with E-state index in [0.29, 0.717) is 13.2 Å². The SMILES string of the molecule is COCC(C)NC(=O)CNCC1CCC(C)CC1. The smallest absolute Gasteiger partial charge is 0.234 e. The van der Waals surface area contributed by atoms with Crippen molar-refractivity contribution in [2.75, 3.05) is 26.8 Å². The van der Waals surface area contributed by atoms with Crippen LogP contribution in [0.25, 0.3) is 0 Å². The Hall–Kier alpha value is -0.610. The number of hydrogen-bond donors (Lipinski definition) is 2. The molecular formula is C14H28N2O2. The molecule has 1 saturated carbocycles. The first-order valence-electron chi connectivity index (χ1n) is 7.10. The van der Waals surface area contributed by atoms with Crippen LogP contribution in [-0.4, -0.2) is 38.8 Å². The van der Waals surface area contributed by atoms with Gasteiger partial charge in [0.25, 0.3) is 0 Å². The summed E-state index contributed by atoms with van der Waals surface area (Å²) < 4.78 is 4.98. The van der Waals surface area contributed by atoms with E-state index in [1.807, 2.05) is 6.92 Å². The molecule has 0 aliphatic heterocycles. The Morgan fingerprint density at radius 2 is 2.00 bits per heavy atom. The van der Waals surface area contributed by atoms with Crippen molar-refractivity contribution in [2.45, 2.75) is 45.6 Å². The number of carbonyl (C=O) groups is 1. The van der Waals surface area contributed by atoms with Crippen LogP contribution in [0.3, 0.4) is 0 Å². The van der Waals surface area contributed by atoms with Crippen molar-refractivity contribution in [1.29, 1.82) is 0 Å². The molecule has 0 saturated heterocycles. The van der Waals surface area contributed by atoms with Crippen molar-refractivity contribution < 1.29 is 9.53 Å². The maximum atomic E-state index is 11.6. The maximum Gasteiger partial charge on any atom is 0.234 e. The molecule has 1 amide bonds. The molecule has 0 bridgehead atoms.